The van der Waals surface area contributed by atoms with E-state index in [1.807, 2.05) is 12.1 Å². The lowest BCUT2D eigenvalue weighted by Crippen LogP contribution is -2.43. The molecule has 24 heavy (non-hydrogen) atoms. The lowest BCUT2D eigenvalue weighted by atomic mass is 9.78. The Morgan fingerprint density at radius 2 is 1.33 bits per heavy atom. The Kier molecular flexibility index (Phi) is 5.36. The van der Waals surface area contributed by atoms with Gasteiger partial charge in [0.2, 0.25) is 11.8 Å². The van der Waals surface area contributed by atoms with E-state index in [2.05, 4.69) is 10.6 Å². The molecule has 1 saturated carbocycles. The number of carbonyl (C=O) groups excluding carboxylic acids is 2. The summed E-state index contributed by atoms with van der Waals surface area (Å²) >= 11 is 0. The maximum atomic E-state index is 12.5. The van der Waals surface area contributed by atoms with Crippen LogP contribution in [0.2, 0.25) is 0 Å². The van der Waals surface area contributed by atoms with Crippen LogP contribution in [-0.2, 0) is 22.7 Å². The SMILES string of the molecule is O=C(NCc1ccoc1)C1CCCCC1C(=O)NCc1ccoc1. The standard InChI is InChI=1S/C18H22N2O4/c21-17(19-9-13-5-7-23-11-13)15-3-1-2-4-16(15)18(22)20-10-14-6-8-24-12-14/h5-8,11-12,15-16H,1-4,9-10H2,(H,19,21)(H,20,22). The highest BCUT2D eigenvalue weighted by Crippen LogP contribution is 2.30. The van der Waals surface area contributed by atoms with Crippen LogP contribution in [0, 0.1) is 11.8 Å². The van der Waals surface area contributed by atoms with Gasteiger partial charge in [0.05, 0.1) is 25.1 Å². The zero-order valence-corrected chi connectivity index (χ0v) is 13.5. The van der Waals surface area contributed by atoms with Crippen molar-refractivity contribution in [1.29, 1.82) is 0 Å². The van der Waals surface area contributed by atoms with E-state index in [1.54, 1.807) is 25.1 Å². The molecule has 0 radical (unpaired) electrons. The van der Waals surface area contributed by atoms with E-state index in [0.717, 1.165) is 36.8 Å². The van der Waals surface area contributed by atoms with Crippen molar-refractivity contribution in [3.63, 3.8) is 0 Å². The second-order valence-corrected chi connectivity index (χ2v) is 6.20. The van der Waals surface area contributed by atoms with E-state index < -0.39 is 0 Å². The fraction of sp³-hybridized carbons (Fsp3) is 0.444. The van der Waals surface area contributed by atoms with Gasteiger partial charge < -0.3 is 19.5 Å². The van der Waals surface area contributed by atoms with Gasteiger partial charge in [-0.2, -0.15) is 0 Å². The highest BCUT2D eigenvalue weighted by molar-refractivity contribution is 5.87. The minimum Gasteiger partial charge on any atom is -0.472 e. The van der Waals surface area contributed by atoms with E-state index in [-0.39, 0.29) is 23.7 Å². The third-order valence-electron chi connectivity index (χ3n) is 4.53. The van der Waals surface area contributed by atoms with E-state index in [4.69, 9.17) is 8.83 Å². The van der Waals surface area contributed by atoms with Crippen LogP contribution in [0.3, 0.4) is 0 Å². The molecule has 2 N–H and O–H groups in total. The zero-order chi connectivity index (χ0) is 16.8. The monoisotopic (exact) mass is 330 g/mol. The van der Waals surface area contributed by atoms with Gasteiger partial charge in [-0.05, 0) is 25.0 Å². The van der Waals surface area contributed by atoms with Crippen molar-refractivity contribution in [3.05, 3.63) is 48.3 Å². The maximum absolute atomic E-state index is 12.5. The first kappa shape index (κ1) is 16.4. The van der Waals surface area contributed by atoms with Gasteiger partial charge >= 0.3 is 0 Å². The summed E-state index contributed by atoms with van der Waals surface area (Å²) < 4.78 is 9.99. The molecule has 1 fully saturated rings. The molecule has 0 spiro atoms. The number of rotatable bonds is 6. The number of furan rings is 2. The Hall–Kier alpha value is -2.50. The van der Waals surface area contributed by atoms with Gasteiger partial charge in [0.25, 0.3) is 0 Å². The second kappa shape index (κ2) is 7.86. The van der Waals surface area contributed by atoms with Crippen LogP contribution < -0.4 is 10.6 Å². The van der Waals surface area contributed by atoms with Gasteiger partial charge in [0.1, 0.15) is 0 Å². The molecule has 0 saturated heterocycles. The van der Waals surface area contributed by atoms with Gasteiger partial charge in [-0.15, -0.1) is 0 Å². The van der Waals surface area contributed by atoms with Gasteiger partial charge in [0.15, 0.2) is 0 Å². The topological polar surface area (TPSA) is 84.5 Å². The van der Waals surface area contributed by atoms with Gasteiger partial charge in [0, 0.05) is 36.1 Å². The van der Waals surface area contributed by atoms with Crippen molar-refractivity contribution in [2.24, 2.45) is 11.8 Å². The second-order valence-electron chi connectivity index (χ2n) is 6.20. The maximum Gasteiger partial charge on any atom is 0.224 e. The normalized spacial score (nSPS) is 20.5. The molecule has 128 valence electrons. The molecule has 2 unspecified atom stereocenters. The molecule has 2 amide bonds. The summed E-state index contributed by atoms with van der Waals surface area (Å²) in [7, 11) is 0. The van der Waals surface area contributed by atoms with E-state index in [1.165, 1.54) is 0 Å². The van der Waals surface area contributed by atoms with E-state index in [0.29, 0.717) is 13.1 Å². The van der Waals surface area contributed by atoms with Crippen molar-refractivity contribution in [1.82, 2.24) is 10.6 Å². The largest absolute Gasteiger partial charge is 0.472 e. The van der Waals surface area contributed by atoms with Gasteiger partial charge in [-0.25, -0.2) is 0 Å². The first-order chi connectivity index (χ1) is 11.7. The number of hydrogen-bond acceptors (Lipinski definition) is 4. The smallest absolute Gasteiger partial charge is 0.224 e. The van der Waals surface area contributed by atoms with Crippen LogP contribution >= 0.6 is 0 Å². The molecule has 6 heteroatoms. The molecular formula is C18H22N2O4. The first-order valence-electron chi connectivity index (χ1n) is 8.31. The fourth-order valence-electron chi connectivity index (χ4n) is 3.19. The summed E-state index contributed by atoms with van der Waals surface area (Å²) in [6, 6.07) is 3.63. The van der Waals surface area contributed by atoms with Crippen LogP contribution in [0.1, 0.15) is 36.8 Å². The van der Waals surface area contributed by atoms with Crippen molar-refractivity contribution < 1.29 is 18.4 Å². The Morgan fingerprint density at radius 3 is 1.71 bits per heavy atom. The van der Waals surface area contributed by atoms with Crippen LogP contribution in [0.25, 0.3) is 0 Å². The summed E-state index contributed by atoms with van der Waals surface area (Å²) in [5, 5.41) is 5.83. The highest BCUT2D eigenvalue weighted by atomic mass is 16.3. The molecule has 0 aliphatic heterocycles. The van der Waals surface area contributed by atoms with Gasteiger partial charge in [-0.3, -0.25) is 9.59 Å². The number of nitrogens with one attached hydrogen (secondary N) is 2. The quantitative estimate of drug-likeness (QED) is 0.852. The molecular weight excluding hydrogens is 308 g/mol. The minimum absolute atomic E-state index is 0.0561. The Morgan fingerprint density at radius 1 is 0.875 bits per heavy atom. The Labute approximate surface area is 140 Å². The van der Waals surface area contributed by atoms with E-state index in [9.17, 15) is 9.59 Å². The van der Waals surface area contributed by atoms with Crippen molar-refractivity contribution in [2.75, 3.05) is 0 Å². The summed E-state index contributed by atoms with van der Waals surface area (Å²) in [6.07, 6.45) is 9.83. The van der Waals surface area contributed by atoms with Crippen LogP contribution in [0.4, 0.5) is 0 Å². The number of hydrogen-bond donors (Lipinski definition) is 2. The Bertz CT molecular complexity index is 590. The van der Waals surface area contributed by atoms with Crippen LogP contribution in [-0.4, -0.2) is 11.8 Å². The van der Waals surface area contributed by atoms with Crippen LogP contribution in [0.15, 0.2) is 46.0 Å². The molecule has 0 aromatic carbocycles. The fourth-order valence-corrected chi connectivity index (χ4v) is 3.19. The van der Waals surface area contributed by atoms with Crippen molar-refractivity contribution in [3.8, 4) is 0 Å². The zero-order valence-electron chi connectivity index (χ0n) is 13.5. The molecule has 2 atom stereocenters. The molecule has 0 bridgehead atoms. The minimum atomic E-state index is -0.269. The summed E-state index contributed by atoms with van der Waals surface area (Å²) in [6.45, 7) is 0.852. The average molecular weight is 330 g/mol. The molecule has 1 aliphatic carbocycles. The summed E-state index contributed by atoms with van der Waals surface area (Å²) in [5.41, 5.74) is 1.83. The molecule has 2 aromatic heterocycles. The van der Waals surface area contributed by atoms with E-state index >= 15 is 0 Å². The van der Waals surface area contributed by atoms with Crippen molar-refractivity contribution in [2.45, 2.75) is 38.8 Å². The van der Waals surface area contributed by atoms with Crippen molar-refractivity contribution >= 4 is 11.8 Å². The molecule has 1 aliphatic rings. The molecule has 2 aromatic rings. The lowest BCUT2D eigenvalue weighted by Gasteiger charge is -2.29. The summed E-state index contributed by atoms with van der Waals surface area (Å²) in [5.74, 6) is -0.649. The third kappa shape index (κ3) is 4.07. The molecule has 3 rings (SSSR count). The molecule has 6 nitrogen and oxygen atoms in total. The Balaban J connectivity index is 1.55. The predicted octanol–water partition coefficient (Wildman–Crippen LogP) is 2.61. The number of amides is 2. The molecule has 2 heterocycles. The van der Waals surface area contributed by atoms with Gasteiger partial charge in [-0.1, -0.05) is 12.8 Å². The highest BCUT2D eigenvalue weighted by Gasteiger charge is 2.35. The average Bonchev–Trinajstić information content (AvgIpc) is 3.31. The van der Waals surface area contributed by atoms with Crippen LogP contribution in [0.5, 0.6) is 0 Å². The predicted molar refractivity (Wildman–Crippen MR) is 86.6 cm³/mol. The number of carbonyl (C=O) groups is 2. The summed E-state index contributed by atoms with van der Waals surface area (Å²) in [4.78, 5) is 25.0. The first-order valence-corrected chi connectivity index (χ1v) is 8.31. The lowest BCUT2D eigenvalue weighted by molar-refractivity contribution is -0.136. The third-order valence-corrected chi connectivity index (χ3v) is 4.53.